The molecule has 31 heavy (non-hydrogen) atoms. The number of amides is 1. The fraction of sp³-hybridized carbons (Fsp3) is 0.350. The van der Waals surface area contributed by atoms with Crippen LogP contribution in [0.15, 0.2) is 57.1 Å². The van der Waals surface area contributed by atoms with Crippen LogP contribution in [0, 0.1) is 6.92 Å². The second-order valence-electron chi connectivity index (χ2n) is 7.14. The minimum atomic E-state index is -3.53. The highest BCUT2D eigenvalue weighted by atomic mass is 32.2. The molecule has 0 spiro atoms. The molecule has 0 atom stereocenters. The lowest BCUT2D eigenvalue weighted by Gasteiger charge is -2.34. The highest BCUT2D eigenvalue weighted by molar-refractivity contribution is 7.99. The number of rotatable bonds is 6. The highest BCUT2D eigenvalue weighted by Gasteiger charge is 2.30. The Hall–Kier alpha value is -2.63. The number of hydrogen-bond donors (Lipinski definition) is 0. The van der Waals surface area contributed by atoms with Crippen LogP contribution in [0.25, 0.3) is 11.4 Å². The van der Waals surface area contributed by atoms with E-state index in [1.54, 1.807) is 41.5 Å². The van der Waals surface area contributed by atoms with E-state index in [1.165, 1.54) is 16.1 Å². The number of aromatic nitrogens is 3. The van der Waals surface area contributed by atoms with Gasteiger partial charge in [-0.1, -0.05) is 30.0 Å². The molecule has 3 heterocycles. The first-order chi connectivity index (χ1) is 14.9. The maximum absolute atomic E-state index is 12.7. The van der Waals surface area contributed by atoms with Gasteiger partial charge >= 0.3 is 0 Å². The largest absolute Gasteiger partial charge is 0.469 e. The van der Waals surface area contributed by atoms with Crippen LogP contribution >= 0.6 is 11.8 Å². The molecule has 0 N–H and O–H groups in total. The average molecular weight is 462 g/mol. The van der Waals surface area contributed by atoms with E-state index >= 15 is 0 Å². The van der Waals surface area contributed by atoms with E-state index in [2.05, 4.69) is 10.2 Å². The van der Waals surface area contributed by atoms with Crippen LogP contribution in [0.2, 0.25) is 0 Å². The normalized spacial score (nSPS) is 15.4. The molecular weight excluding hydrogens is 438 g/mol. The minimum absolute atomic E-state index is 0.0502. The molecule has 1 aliphatic heterocycles. The second-order valence-corrected chi connectivity index (χ2v) is 10.0. The summed E-state index contributed by atoms with van der Waals surface area (Å²) < 4.78 is 34.1. The quantitative estimate of drug-likeness (QED) is 0.518. The van der Waals surface area contributed by atoms with Crippen molar-refractivity contribution in [1.29, 1.82) is 0 Å². The van der Waals surface area contributed by atoms with Crippen molar-refractivity contribution < 1.29 is 17.6 Å². The maximum Gasteiger partial charge on any atom is 0.243 e. The summed E-state index contributed by atoms with van der Waals surface area (Å²) in [6.07, 6.45) is 1.60. The first-order valence-electron chi connectivity index (χ1n) is 9.77. The molecule has 1 amide bonds. The number of thioether (sulfide) groups is 1. The molecule has 1 aromatic carbocycles. The molecule has 9 nitrogen and oxygen atoms in total. The van der Waals surface area contributed by atoms with Crippen molar-refractivity contribution in [3.05, 3.63) is 48.4 Å². The number of carbonyl (C=O) groups excluding carboxylic acids is 1. The Morgan fingerprint density at radius 1 is 1.10 bits per heavy atom. The molecule has 0 radical (unpaired) electrons. The molecule has 0 bridgehead atoms. The van der Waals surface area contributed by atoms with Crippen molar-refractivity contribution in [2.45, 2.75) is 17.0 Å². The van der Waals surface area contributed by atoms with Crippen molar-refractivity contribution in [2.24, 2.45) is 7.05 Å². The zero-order chi connectivity index (χ0) is 22.0. The third kappa shape index (κ3) is 4.39. The maximum atomic E-state index is 12.7. The molecule has 0 aliphatic carbocycles. The van der Waals surface area contributed by atoms with Crippen molar-refractivity contribution in [3.63, 3.8) is 0 Å². The molecular formula is C20H23N5O4S2. The highest BCUT2D eigenvalue weighted by Crippen LogP contribution is 2.26. The molecule has 4 rings (SSSR count). The third-order valence-corrected chi connectivity index (χ3v) is 8.15. The van der Waals surface area contributed by atoms with Gasteiger partial charge in [0, 0.05) is 33.2 Å². The lowest BCUT2D eigenvalue weighted by atomic mass is 10.2. The van der Waals surface area contributed by atoms with Crippen LogP contribution in [0.3, 0.4) is 0 Å². The number of nitrogens with zero attached hydrogens (tertiary/aromatic N) is 5. The summed E-state index contributed by atoms with van der Waals surface area (Å²) in [7, 11) is -1.68. The van der Waals surface area contributed by atoms with E-state index in [-0.39, 0.29) is 29.6 Å². The first kappa shape index (κ1) is 21.6. The molecule has 0 saturated carbocycles. The zero-order valence-electron chi connectivity index (χ0n) is 17.3. The van der Waals surface area contributed by atoms with Gasteiger partial charge in [-0.2, -0.15) is 4.31 Å². The molecule has 1 saturated heterocycles. The summed E-state index contributed by atoms with van der Waals surface area (Å²) in [5, 5.41) is 9.03. The van der Waals surface area contributed by atoms with Gasteiger partial charge in [0.05, 0.1) is 22.5 Å². The van der Waals surface area contributed by atoms with E-state index in [1.807, 2.05) is 24.6 Å². The summed E-state index contributed by atoms with van der Waals surface area (Å²) in [6, 6.07) is 10.2. The van der Waals surface area contributed by atoms with Gasteiger partial charge in [-0.05, 0) is 25.1 Å². The van der Waals surface area contributed by atoms with Crippen LogP contribution in [-0.4, -0.2) is 70.2 Å². The van der Waals surface area contributed by atoms with Crippen LogP contribution in [0.1, 0.15) is 5.76 Å². The summed E-state index contributed by atoms with van der Waals surface area (Å²) in [6.45, 7) is 3.15. The number of piperazine rings is 1. The molecule has 11 heteroatoms. The van der Waals surface area contributed by atoms with E-state index in [0.29, 0.717) is 24.1 Å². The zero-order valence-corrected chi connectivity index (χ0v) is 18.9. The SMILES string of the molecule is Cc1occc1-c1nnc(SCC(=O)N2CCN(S(=O)(=O)c3ccccc3)CC2)n1C. The Kier molecular flexibility index (Phi) is 6.17. The smallest absolute Gasteiger partial charge is 0.243 e. The summed E-state index contributed by atoms with van der Waals surface area (Å²) >= 11 is 1.31. The topological polar surface area (TPSA) is 102 Å². The number of sulfonamides is 1. The third-order valence-electron chi connectivity index (χ3n) is 5.23. The summed E-state index contributed by atoms with van der Waals surface area (Å²) in [4.78, 5) is 14.6. The van der Waals surface area contributed by atoms with Crippen molar-refractivity contribution >= 4 is 27.7 Å². The molecule has 1 fully saturated rings. The number of furan rings is 1. The van der Waals surface area contributed by atoms with E-state index in [4.69, 9.17) is 4.42 Å². The summed E-state index contributed by atoms with van der Waals surface area (Å²) in [5.41, 5.74) is 0.865. The Balaban J connectivity index is 1.33. The van der Waals surface area contributed by atoms with Gasteiger partial charge < -0.3 is 13.9 Å². The van der Waals surface area contributed by atoms with Crippen LogP contribution in [0.5, 0.6) is 0 Å². The number of hydrogen-bond acceptors (Lipinski definition) is 7. The molecule has 3 aromatic rings. The number of aryl methyl sites for hydroxylation is 1. The Labute approximate surface area is 185 Å². The van der Waals surface area contributed by atoms with Crippen molar-refractivity contribution in [1.82, 2.24) is 24.0 Å². The van der Waals surface area contributed by atoms with Gasteiger partial charge in [-0.3, -0.25) is 4.79 Å². The Bertz CT molecular complexity index is 1170. The van der Waals surface area contributed by atoms with Gasteiger partial charge in [-0.25, -0.2) is 8.42 Å². The predicted molar refractivity (Wildman–Crippen MR) is 116 cm³/mol. The van der Waals surface area contributed by atoms with Crippen LogP contribution in [0.4, 0.5) is 0 Å². The van der Waals surface area contributed by atoms with E-state index in [0.717, 1.165) is 11.3 Å². The number of benzene rings is 1. The standard InChI is InChI=1S/C20H23N5O4S2/c1-15-17(8-13-29-15)19-21-22-20(23(19)2)30-14-18(26)24-9-11-25(12-10-24)31(27,28)16-6-4-3-5-7-16/h3-8,13H,9-12,14H2,1-2H3. The predicted octanol–water partition coefficient (Wildman–Crippen LogP) is 2.01. The molecule has 1 aliphatic rings. The van der Waals surface area contributed by atoms with Crippen LogP contribution in [-0.2, 0) is 21.9 Å². The van der Waals surface area contributed by atoms with Gasteiger partial charge in [0.25, 0.3) is 0 Å². The lowest BCUT2D eigenvalue weighted by molar-refractivity contribution is -0.129. The molecule has 164 valence electrons. The average Bonchev–Trinajstić information content (AvgIpc) is 3.37. The second kappa shape index (κ2) is 8.85. The lowest BCUT2D eigenvalue weighted by Crippen LogP contribution is -2.50. The molecule has 0 unspecified atom stereocenters. The van der Waals surface area contributed by atoms with Crippen molar-refractivity contribution in [2.75, 3.05) is 31.9 Å². The fourth-order valence-corrected chi connectivity index (χ4v) is 5.69. The van der Waals surface area contributed by atoms with Gasteiger partial charge in [-0.15, -0.1) is 10.2 Å². The minimum Gasteiger partial charge on any atom is -0.469 e. The number of carbonyl (C=O) groups is 1. The van der Waals surface area contributed by atoms with Gasteiger partial charge in [0.2, 0.25) is 15.9 Å². The first-order valence-corrected chi connectivity index (χ1v) is 12.2. The van der Waals surface area contributed by atoms with E-state index < -0.39 is 10.0 Å². The van der Waals surface area contributed by atoms with Gasteiger partial charge in [0.15, 0.2) is 11.0 Å². The summed E-state index contributed by atoms with van der Waals surface area (Å²) in [5.74, 6) is 1.60. The Morgan fingerprint density at radius 2 is 1.81 bits per heavy atom. The fourth-order valence-electron chi connectivity index (χ4n) is 3.43. The van der Waals surface area contributed by atoms with E-state index in [9.17, 15) is 13.2 Å². The van der Waals surface area contributed by atoms with Gasteiger partial charge in [0.1, 0.15) is 5.76 Å². The molecule has 2 aromatic heterocycles. The van der Waals surface area contributed by atoms with Crippen LogP contribution < -0.4 is 0 Å². The monoisotopic (exact) mass is 461 g/mol. The Morgan fingerprint density at radius 3 is 2.45 bits per heavy atom. The van der Waals surface area contributed by atoms with Crippen molar-refractivity contribution in [3.8, 4) is 11.4 Å².